The largest absolute Gasteiger partial charge is 0.296 e. The van der Waals surface area contributed by atoms with Gasteiger partial charge in [-0.2, -0.15) is 5.10 Å². The summed E-state index contributed by atoms with van der Waals surface area (Å²) >= 11 is 0. The van der Waals surface area contributed by atoms with E-state index < -0.39 is 0 Å². The number of imide groups is 1. The van der Waals surface area contributed by atoms with Gasteiger partial charge in [-0.15, -0.1) is 0 Å². The van der Waals surface area contributed by atoms with Gasteiger partial charge in [0.05, 0.1) is 5.69 Å². The molecular formula is C10H13N3O2. The first-order valence-corrected chi connectivity index (χ1v) is 4.97. The number of carbonyl (C=O) groups excluding carboxylic acids is 2. The molecule has 1 atom stereocenters. The molecule has 15 heavy (non-hydrogen) atoms. The van der Waals surface area contributed by atoms with Crippen LogP contribution < -0.4 is 5.32 Å². The second kappa shape index (κ2) is 3.84. The van der Waals surface area contributed by atoms with E-state index >= 15 is 0 Å². The van der Waals surface area contributed by atoms with Crippen molar-refractivity contribution in [3.8, 4) is 0 Å². The normalized spacial score (nSPS) is 21.5. The smallest absolute Gasteiger partial charge is 0.230 e. The van der Waals surface area contributed by atoms with Gasteiger partial charge in [-0.3, -0.25) is 19.6 Å². The fraction of sp³-hybridized carbons (Fsp3) is 0.500. The molecule has 1 saturated heterocycles. The van der Waals surface area contributed by atoms with Crippen LogP contribution in [0.2, 0.25) is 0 Å². The van der Waals surface area contributed by atoms with Gasteiger partial charge in [0, 0.05) is 32.0 Å². The maximum absolute atomic E-state index is 11.4. The van der Waals surface area contributed by atoms with Crippen LogP contribution >= 0.6 is 0 Å². The Kier molecular flexibility index (Phi) is 2.53. The Balaban J connectivity index is 2.00. The molecule has 0 spiro atoms. The number of aryl methyl sites for hydroxylation is 1. The predicted molar refractivity (Wildman–Crippen MR) is 52.8 cm³/mol. The van der Waals surface area contributed by atoms with Gasteiger partial charge in [-0.25, -0.2) is 0 Å². The van der Waals surface area contributed by atoms with Gasteiger partial charge < -0.3 is 0 Å². The molecule has 5 heteroatoms. The summed E-state index contributed by atoms with van der Waals surface area (Å²) in [4.78, 5) is 22.4. The van der Waals surface area contributed by atoms with Crippen LogP contribution in [0, 0.1) is 5.92 Å². The van der Waals surface area contributed by atoms with E-state index in [9.17, 15) is 9.59 Å². The molecule has 80 valence electrons. The summed E-state index contributed by atoms with van der Waals surface area (Å²) in [5.74, 6) is -0.452. The molecule has 1 aromatic rings. The van der Waals surface area contributed by atoms with E-state index in [1.165, 1.54) is 0 Å². The topological polar surface area (TPSA) is 64.0 Å². The minimum absolute atomic E-state index is 0.113. The molecule has 1 aromatic heterocycles. The van der Waals surface area contributed by atoms with E-state index in [1.54, 1.807) is 4.68 Å². The van der Waals surface area contributed by atoms with Crippen molar-refractivity contribution in [1.29, 1.82) is 0 Å². The number of piperidine rings is 1. The summed E-state index contributed by atoms with van der Waals surface area (Å²) in [7, 11) is 1.84. The number of hydrogen-bond acceptors (Lipinski definition) is 3. The Labute approximate surface area is 87.5 Å². The van der Waals surface area contributed by atoms with Gasteiger partial charge in [-0.1, -0.05) is 0 Å². The Hall–Kier alpha value is -1.65. The number of aromatic nitrogens is 2. The molecule has 1 aliphatic heterocycles. The lowest BCUT2D eigenvalue weighted by Gasteiger charge is -2.19. The lowest BCUT2D eigenvalue weighted by Crippen LogP contribution is -2.41. The molecular weight excluding hydrogens is 194 g/mol. The van der Waals surface area contributed by atoms with Crippen LogP contribution in [0.3, 0.4) is 0 Å². The minimum atomic E-state index is -0.170. The second-order valence-electron chi connectivity index (χ2n) is 3.83. The number of nitrogens with one attached hydrogen (secondary N) is 1. The number of amides is 2. The van der Waals surface area contributed by atoms with E-state index in [0.29, 0.717) is 19.3 Å². The first-order chi connectivity index (χ1) is 7.15. The molecule has 0 bridgehead atoms. The van der Waals surface area contributed by atoms with Gasteiger partial charge in [0.25, 0.3) is 0 Å². The Bertz CT molecular complexity index is 397. The maximum Gasteiger partial charge on any atom is 0.230 e. The van der Waals surface area contributed by atoms with Crippen LogP contribution in [0.15, 0.2) is 12.3 Å². The van der Waals surface area contributed by atoms with E-state index in [2.05, 4.69) is 10.4 Å². The van der Waals surface area contributed by atoms with E-state index in [0.717, 1.165) is 5.69 Å². The van der Waals surface area contributed by atoms with Gasteiger partial charge in [0.15, 0.2) is 0 Å². The van der Waals surface area contributed by atoms with Crippen molar-refractivity contribution < 1.29 is 9.59 Å². The Morgan fingerprint density at radius 3 is 3.00 bits per heavy atom. The number of hydrogen-bond donors (Lipinski definition) is 1. The molecule has 1 aliphatic rings. The standard InChI is InChI=1S/C10H13N3O2/c1-13-5-4-8(12-13)6-7-2-3-9(14)11-10(7)15/h4-5,7H,2-3,6H2,1H3,(H,11,14,15). The van der Waals surface area contributed by atoms with Crippen LogP contribution in [-0.4, -0.2) is 21.6 Å². The van der Waals surface area contributed by atoms with Crippen LogP contribution in [-0.2, 0) is 23.1 Å². The molecule has 0 aromatic carbocycles. The zero-order valence-electron chi connectivity index (χ0n) is 8.56. The Morgan fingerprint density at radius 1 is 1.60 bits per heavy atom. The predicted octanol–water partition coefficient (Wildman–Crippen LogP) is 0.0154. The molecule has 1 fully saturated rings. The summed E-state index contributed by atoms with van der Waals surface area (Å²) in [6, 6.07) is 1.89. The fourth-order valence-electron chi connectivity index (χ4n) is 1.76. The summed E-state index contributed by atoms with van der Waals surface area (Å²) in [6.07, 6.45) is 3.52. The molecule has 0 saturated carbocycles. The highest BCUT2D eigenvalue weighted by Gasteiger charge is 2.26. The SMILES string of the molecule is Cn1ccc(CC2CCC(=O)NC2=O)n1. The van der Waals surface area contributed by atoms with E-state index in [1.807, 2.05) is 19.3 Å². The molecule has 0 radical (unpaired) electrons. The van der Waals surface area contributed by atoms with Crippen molar-refractivity contribution in [1.82, 2.24) is 15.1 Å². The lowest BCUT2D eigenvalue weighted by atomic mass is 9.93. The van der Waals surface area contributed by atoms with E-state index in [-0.39, 0.29) is 17.7 Å². The summed E-state index contributed by atoms with van der Waals surface area (Å²) in [5.41, 5.74) is 0.895. The molecule has 2 rings (SSSR count). The number of rotatable bonds is 2. The molecule has 0 aliphatic carbocycles. The van der Waals surface area contributed by atoms with Crippen molar-refractivity contribution in [3.05, 3.63) is 18.0 Å². The van der Waals surface area contributed by atoms with Crippen molar-refractivity contribution in [2.24, 2.45) is 13.0 Å². The van der Waals surface area contributed by atoms with Crippen LogP contribution in [0.4, 0.5) is 0 Å². The molecule has 1 N–H and O–H groups in total. The van der Waals surface area contributed by atoms with Crippen molar-refractivity contribution in [2.75, 3.05) is 0 Å². The lowest BCUT2D eigenvalue weighted by molar-refractivity contribution is -0.136. The van der Waals surface area contributed by atoms with Crippen molar-refractivity contribution in [2.45, 2.75) is 19.3 Å². The van der Waals surface area contributed by atoms with Crippen LogP contribution in [0.5, 0.6) is 0 Å². The fourth-order valence-corrected chi connectivity index (χ4v) is 1.76. The van der Waals surface area contributed by atoms with Gasteiger partial charge in [-0.05, 0) is 12.5 Å². The molecule has 1 unspecified atom stereocenters. The summed E-state index contributed by atoms with van der Waals surface area (Å²) in [6.45, 7) is 0. The average molecular weight is 207 g/mol. The van der Waals surface area contributed by atoms with Crippen molar-refractivity contribution in [3.63, 3.8) is 0 Å². The van der Waals surface area contributed by atoms with Crippen LogP contribution in [0.1, 0.15) is 18.5 Å². The second-order valence-corrected chi connectivity index (χ2v) is 3.83. The summed E-state index contributed by atoms with van der Waals surface area (Å²) < 4.78 is 1.71. The zero-order chi connectivity index (χ0) is 10.8. The first kappa shape index (κ1) is 9.89. The highest BCUT2D eigenvalue weighted by Crippen LogP contribution is 2.16. The van der Waals surface area contributed by atoms with Gasteiger partial charge in [0.2, 0.25) is 11.8 Å². The quantitative estimate of drug-likeness (QED) is 0.695. The highest BCUT2D eigenvalue weighted by atomic mass is 16.2. The van der Waals surface area contributed by atoms with E-state index in [4.69, 9.17) is 0 Å². The maximum atomic E-state index is 11.4. The molecule has 2 heterocycles. The first-order valence-electron chi connectivity index (χ1n) is 4.97. The zero-order valence-corrected chi connectivity index (χ0v) is 8.56. The highest BCUT2D eigenvalue weighted by molar-refractivity contribution is 5.98. The third-order valence-corrected chi connectivity index (χ3v) is 2.58. The van der Waals surface area contributed by atoms with Gasteiger partial charge >= 0.3 is 0 Å². The van der Waals surface area contributed by atoms with Crippen molar-refractivity contribution >= 4 is 11.8 Å². The monoisotopic (exact) mass is 207 g/mol. The third kappa shape index (κ3) is 2.23. The molecule has 5 nitrogen and oxygen atoms in total. The van der Waals surface area contributed by atoms with Gasteiger partial charge in [0.1, 0.15) is 0 Å². The minimum Gasteiger partial charge on any atom is -0.296 e. The third-order valence-electron chi connectivity index (χ3n) is 2.58. The van der Waals surface area contributed by atoms with Crippen LogP contribution in [0.25, 0.3) is 0 Å². The average Bonchev–Trinajstić information content (AvgIpc) is 2.56. The number of carbonyl (C=O) groups is 2. The summed E-state index contributed by atoms with van der Waals surface area (Å²) in [5, 5.41) is 6.55. The Morgan fingerprint density at radius 2 is 2.40 bits per heavy atom. The number of nitrogens with zero attached hydrogens (tertiary/aromatic N) is 2. The molecule has 2 amide bonds.